The van der Waals surface area contributed by atoms with Crippen LogP contribution in [-0.4, -0.2) is 33.1 Å². The summed E-state index contributed by atoms with van der Waals surface area (Å²) < 4.78 is 10.2. The molecule has 0 aliphatic heterocycles. The van der Waals surface area contributed by atoms with Crippen LogP contribution in [0.2, 0.25) is 0 Å². The van der Waals surface area contributed by atoms with Crippen molar-refractivity contribution in [2.45, 2.75) is 0 Å². The van der Waals surface area contributed by atoms with Gasteiger partial charge in [-0.25, -0.2) is 4.79 Å². The molecule has 0 atom stereocenters. The number of nitrogens with two attached hydrogens (primary N) is 1. The quantitative estimate of drug-likeness (QED) is 0.468. The fourth-order valence-corrected chi connectivity index (χ4v) is 1.99. The van der Waals surface area contributed by atoms with E-state index in [1.807, 2.05) is 30.3 Å². The Morgan fingerprint density at radius 3 is 2.35 bits per heavy atom. The zero-order chi connectivity index (χ0) is 16.5. The number of ether oxygens (including phenoxy) is 2. The van der Waals surface area contributed by atoms with Gasteiger partial charge in [0.25, 0.3) is 0 Å². The summed E-state index contributed by atoms with van der Waals surface area (Å²) in [7, 11) is 1.60. The monoisotopic (exact) mass is 315 g/mol. The van der Waals surface area contributed by atoms with Crippen molar-refractivity contribution >= 4 is 23.1 Å². The van der Waals surface area contributed by atoms with Crippen LogP contribution in [0.15, 0.2) is 54.6 Å². The standard InChI is InChI=1S/C17H21N3O3/c1-22-11-12-23-13-19-17(21)20(15-5-3-2-4-6-15)16-9-7-14(18)8-10-16/h2-10H,11-13,18H2,1H3,(H,19,21). The molecule has 2 aromatic rings. The van der Waals surface area contributed by atoms with Crippen LogP contribution in [0.3, 0.4) is 0 Å². The van der Waals surface area contributed by atoms with Gasteiger partial charge < -0.3 is 20.5 Å². The Kier molecular flexibility index (Phi) is 6.40. The van der Waals surface area contributed by atoms with Gasteiger partial charge in [-0.05, 0) is 36.4 Å². The van der Waals surface area contributed by atoms with Gasteiger partial charge in [-0.1, -0.05) is 18.2 Å². The number of hydrogen-bond acceptors (Lipinski definition) is 4. The minimum absolute atomic E-state index is 0.112. The van der Waals surface area contributed by atoms with Crippen LogP contribution in [-0.2, 0) is 9.47 Å². The van der Waals surface area contributed by atoms with Crippen molar-refractivity contribution in [2.24, 2.45) is 0 Å². The number of anilines is 3. The van der Waals surface area contributed by atoms with E-state index in [2.05, 4.69) is 5.32 Å². The molecule has 23 heavy (non-hydrogen) atoms. The third kappa shape index (κ3) is 4.98. The molecule has 0 saturated carbocycles. The molecule has 0 heterocycles. The van der Waals surface area contributed by atoms with Crippen LogP contribution in [0, 0.1) is 0 Å². The molecular weight excluding hydrogens is 294 g/mol. The molecule has 6 heteroatoms. The van der Waals surface area contributed by atoms with Gasteiger partial charge in [-0.15, -0.1) is 0 Å². The van der Waals surface area contributed by atoms with E-state index in [9.17, 15) is 4.79 Å². The number of nitrogens with one attached hydrogen (secondary N) is 1. The molecule has 6 nitrogen and oxygen atoms in total. The van der Waals surface area contributed by atoms with Crippen molar-refractivity contribution in [1.29, 1.82) is 0 Å². The molecule has 0 radical (unpaired) electrons. The topological polar surface area (TPSA) is 76.8 Å². The summed E-state index contributed by atoms with van der Waals surface area (Å²) in [5, 5.41) is 2.73. The number of methoxy groups -OCH3 is 1. The van der Waals surface area contributed by atoms with E-state index in [0.717, 1.165) is 11.4 Å². The fraction of sp³-hybridized carbons (Fsp3) is 0.235. The minimum atomic E-state index is -0.279. The predicted molar refractivity (Wildman–Crippen MR) is 90.7 cm³/mol. The Morgan fingerprint density at radius 2 is 1.70 bits per heavy atom. The third-order valence-electron chi connectivity index (χ3n) is 3.13. The van der Waals surface area contributed by atoms with E-state index in [1.54, 1.807) is 36.3 Å². The number of hydrogen-bond donors (Lipinski definition) is 2. The summed E-state index contributed by atoms with van der Waals surface area (Å²) in [6.45, 7) is 1.01. The maximum Gasteiger partial charge on any atom is 0.328 e. The Bertz CT molecular complexity index is 602. The highest BCUT2D eigenvalue weighted by Crippen LogP contribution is 2.25. The summed E-state index contributed by atoms with van der Waals surface area (Å²) in [6, 6.07) is 16.2. The SMILES string of the molecule is COCCOCNC(=O)N(c1ccccc1)c1ccc(N)cc1. The first-order chi connectivity index (χ1) is 11.2. The number of nitrogens with zero attached hydrogens (tertiary/aromatic N) is 1. The maximum atomic E-state index is 12.5. The van der Waals surface area contributed by atoms with Gasteiger partial charge in [0.2, 0.25) is 0 Å². The second-order valence-electron chi connectivity index (χ2n) is 4.79. The van der Waals surface area contributed by atoms with Crippen LogP contribution in [0.4, 0.5) is 21.9 Å². The Hall–Kier alpha value is -2.57. The van der Waals surface area contributed by atoms with Crippen LogP contribution in [0.5, 0.6) is 0 Å². The van der Waals surface area contributed by atoms with E-state index in [-0.39, 0.29) is 12.8 Å². The first-order valence-electron chi connectivity index (χ1n) is 7.27. The first kappa shape index (κ1) is 16.8. The predicted octanol–water partition coefficient (Wildman–Crippen LogP) is 2.74. The fourth-order valence-electron chi connectivity index (χ4n) is 1.99. The number of nitrogen functional groups attached to an aromatic ring is 1. The molecule has 0 unspecified atom stereocenters. The summed E-state index contributed by atoms with van der Waals surface area (Å²) in [5.41, 5.74) is 7.84. The lowest BCUT2D eigenvalue weighted by Gasteiger charge is -2.23. The molecule has 0 bridgehead atoms. The highest BCUT2D eigenvalue weighted by molar-refractivity contribution is 5.99. The molecule has 2 aromatic carbocycles. The lowest BCUT2D eigenvalue weighted by Crippen LogP contribution is -2.38. The molecular formula is C17H21N3O3. The second-order valence-corrected chi connectivity index (χ2v) is 4.79. The van der Waals surface area contributed by atoms with Crippen LogP contribution in [0.25, 0.3) is 0 Å². The van der Waals surface area contributed by atoms with Crippen LogP contribution < -0.4 is 16.0 Å². The van der Waals surface area contributed by atoms with Crippen molar-refractivity contribution in [3.63, 3.8) is 0 Å². The summed E-state index contributed by atoms with van der Waals surface area (Å²) in [4.78, 5) is 14.1. The van der Waals surface area contributed by atoms with E-state index < -0.39 is 0 Å². The van der Waals surface area contributed by atoms with Crippen LogP contribution in [0.1, 0.15) is 0 Å². The smallest absolute Gasteiger partial charge is 0.328 e. The molecule has 3 N–H and O–H groups in total. The van der Waals surface area contributed by atoms with E-state index >= 15 is 0 Å². The average molecular weight is 315 g/mol. The maximum absolute atomic E-state index is 12.5. The molecule has 0 aliphatic rings. The largest absolute Gasteiger partial charge is 0.399 e. The van der Waals surface area contributed by atoms with Crippen molar-refractivity contribution in [3.8, 4) is 0 Å². The molecule has 2 amide bonds. The number of para-hydroxylation sites is 1. The van der Waals surface area contributed by atoms with Crippen molar-refractivity contribution in [1.82, 2.24) is 5.32 Å². The normalized spacial score (nSPS) is 10.3. The number of urea groups is 1. The van der Waals surface area contributed by atoms with Crippen LogP contribution >= 0.6 is 0 Å². The molecule has 0 spiro atoms. The number of carbonyl (C=O) groups excluding carboxylic acids is 1. The van der Waals surface area contributed by atoms with Gasteiger partial charge in [0, 0.05) is 12.8 Å². The molecule has 122 valence electrons. The third-order valence-corrected chi connectivity index (χ3v) is 3.13. The summed E-state index contributed by atoms with van der Waals surface area (Å²) in [5.74, 6) is 0. The van der Waals surface area contributed by atoms with Gasteiger partial charge in [0.15, 0.2) is 0 Å². The van der Waals surface area contributed by atoms with Gasteiger partial charge in [-0.3, -0.25) is 4.90 Å². The highest BCUT2D eigenvalue weighted by Gasteiger charge is 2.17. The van der Waals surface area contributed by atoms with Crippen molar-refractivity contribution in [3.05, 3.63) is 54.6 Å². The molecule has 2 rings (SSSR count). The number of rotatable bonds is 7. The Morgan fingerprint density at radius 1 is 1.04 bits per heavy atom. The molecule has 0 saturated heterocycles. The Labute approximate surface area is 135 Å². The number of carbonyl (C=O) groups is 1. The first-order valence-corrected chi connectivity index (χ1v) is 7.27. The molecule has 0 fully saturated rings. The van der Waals surface area contributed by atoms with Gasteiger partial charge in [0.05, 0.1) is 24.6 Å². The summed E-state index contributed by atoms with van der Waals surface area (Å²) >= 11 is 0. The number of amides is 2. The van der Waals surface area contributed by atoms with E-state index in [4.69, 9.17) is 15.2 Å². The Balaban J connectivity index is 2.11. The van der Waals surface area contributed by atoms with Gasteiger partial charge in [0.1, 0.15) is 6.73 Å². The highest BCUT2D eigenvalue weighted by atomic mass is 16.5. The minimum Gasteiger partial charge on any atom is -0.399 e. The van der Waals surface area contributed by atoms with Crippen molar-refractivity contribution < 1.29 is 14.3 Å². The lowest BCUT2D eigenvalue weighted by molar-refractivity contribution is 0.0648. The zero-order valence-electron chi connectivity index (χ0n) is 13.1. The summed E-state index contributed by atoms with van der Waals surface area (Å²) in [6.07, 6.45) is 0. The van der Waals surface area contributed by atoms with Gasteiger partial charge in [-0.2, -0.15) is 0 Å². The van der Waals surface area contributed by atoms with E-state index in [1.165, 1.54) is 0 Å². The second kappa shape index (κ2) is 8.77. The van der Waals surface area contributed by atoms with Gasteiger partial charge >= 0.3 is 6.03 Å². The van der Waals surface area contributed by atoms with E-state index in [0.29, 0.717) is 18.9 Å². The van der Waals surface area contributed by atoms with Crippen molar-refractivity contribution in [2.75, 3.05) is 37.7 Å². The number of benzene rings is 2. The average Bonchev–Trinajstić information content (AvgIpc) is 2.58. The lowest BCUT2D eigenvalue weighted by atomic mass is 10.2. The zero-order valence-corrected chi connectivity index (χ0v) is 13.1. The molecule has 0 aliphatic carbocycles. The molecule has 0 aromatic heterocycles.